The van der Waals surface area contributed by atoms with E-state index in [0.717, 1.165) is 24.2 Å². The van der Waals surface area contributed by atoms with Gasteiger partial charge in [0.05, 0.1) is 23.4 Å². The molecule has 1 aliphatic carbocycles. The summed E-state index contributed by atoms with van der Waals surface area (Å²) < 4.78 is 0. The van der Waals surface area contributed by atoms with Gasteiger partial charge in [0.2, 0.25) is 0 Å². The summed E-state index contributed by atoms with van der Waals surface area (Å²) in [6, 6.07) is 5.85. The third-order valence-electron chi connectivity index (χ3n) is 4.53. The lowest BCUT2D eigenvalue weighted by Crippen LogP contribution is -2.40. The molecule has 0 unspecified atom stereocenters. The van der Waals surface area contributed by atoms with Crippen LogP contribution in [0.5, 0.6) is 0 Å². The highest BCUT2D eigenvalue weighted by atomic mass is 16.4. The summed E-state index contributed by atoms with van der Waals surface area (Å²) in [6.07, 6.45) is 3.35. The molecular weight excluding hydrogens is 304 g/mol. The summed E-state index contributed by atoms with van der Waals surface area (Å²) in [7, 11) is 0. The average Bonchev–Trinajstić information content (AvgIpc) is 3.26. The second-order valence-electron chi connectivity index (χ2n) is 7.66. The lowest BCUT2D eigenvalue weighted by atomic mass is 9.92. The molecule has 5 nitrogen and oxygen atoms in total. The second kappa shape index (κ2) is 7.43. The van der Waals surface area contributed by atoms with Gasteiger partial charge in [-0.05, 0) is 62.6 Å². The van der Waals surface area contributed by atoms with Gasteiger partial charge in [0, 0.05) is 13.1 Å². The number of carboxylic acids is 1. The third-order valence-corrected chi connectivity index (χ3v) is 4.53. The van der Waals surface area contributed by atoms with E-state index >= 15 is 0 Å². The molecule has 0 amide bonds. The van der Waals surface area contributed by atoms with Crippen LogP contribution in [0, 0.1) is 5.92 Å². The molecule has 134 valence electrons. The standard InChI is InChI=1S/C19H30N2O3/c1-4-14(10-18(22)23)15-7-8-17(16(20)9-15)21(11-13-5-6-13)12-19(2,3)24/h7-9,13-14,24H,4-6,10-12,20H2,1-3H3,(H,22,23)/t14-/m0/s1. The largest absolute Gasteiger partial charge is 0.481 e. The van der Waals surface area contributed by atoms with Gasteiger partial charge in [-0.1, -0.05) is 13.0 Å². The molecule has 1 aromatic rings. The second-order valence-corrected chi connectivity index (χ2v) is 7.66. The highest BCUT2D eigenvalue weighted by Crippen LogP contribution is 2.35. The minimum Gasteiger partial charge on any atom is -0.481 e. The molecule has 4 N–H and O–H groups in total. The number of carbonyl (C=O) groups is 1. The molecule has 1 saturated carbocycles. The highest BCUT2D eigenvalue weighted by Gasteiger charge is 2.28. The summed E-state index contributed by atoms with van der Waals surface area (Å²) >= 11 is 0. The summed E-state index contributed by atoms with van der Waals surface area (Å²) in [4.78, 5) is 13.2. The van der Waals surface area contributed by atoms with Crippen molar-refractivity contribution in [3.8, 4) is 0 Å². The van der Waals surface area contributed by atoms with E-state index in [-0.39, 0.29) is 12.3 Å². The summed E-state index contributed by atoms with van der Waals surface area (Å²) in [6.45, 7) is 7.03. The van der Waals surface area contributed by atoms with Crippen LogP contribution in [-0.2, 0) is 4.79 Å². The minimum absolute atomic E-state index is 0.0231. The number of nitrogens with two attached hydrogens (primary N) is 1. The van der Waals surface area contributed by atoms with Gasteiger partial charge >= 0.3 is 5.97 Å². The summed E-state index contributed by atoms with van der Waals surface area (Å²) in [5.41, 5.74) is 8.04. The van der Waals surface area contributed by atoms with Gasteiger partial charge in [0.15, 0.2) is 0 Å². The van der Waals surface area contributed by atoms with E-state index in [0.29, 0.717) is 18.2 Å². The van der Waals surface area contributed by atoms with E-state index in [1.807, 2.05) is 25.1 Å². The van der Waals surface area contributed by atoms with Gasteiger partial charge in [-0.15, -0.1) is 0 Å². The maximum Gasteiger partial charge on any atom is 0.303 e. The van der Waals surface area contributed by atoms with Crippen LogP contribution in [0.15, 0.2) is 18.2 Å². The monoisotopic (exact) mass is 334 g/mol. The number of rotatable bonds is 9. The van der Waals surface area contributed by atoms with Crippen molar-refractivity contribution in [2.75, 3.05) is 23.7 Å². The fourth-order valence-electron chi connectivity index (χ4n) is 3.15. The molecular formula is C19H30N2O3. The fourth-order valence-corrected chi connectivity index (χ4v) is 3.15. The van der Waals surface area contributed by atoms with Crippen molar-refractivity contribution < 1.29 is 15.0 Å². The normalized spacial score (nSPS) is 16.0. The van der Waals surface area contributed by atoms with E-state index < -0.39 is 11.6 Å². The van der Waals surface area contributed by atoms with E-state index in [1.165, 1.54) is 12.8 Å². The predicted molar refractivity (Wildman–Crippen MR) is 97.4 cm³/mol. The van der Waals surface area contributed by atoms with Crippen LogP contribution in [0.25, 0.3) is 0 Å². The van der Waals surface area contributed by atoms with Gasteiger partial charge in [-0.25, -0.2) is 0 Å². The summed E-state index contributed by atoms with van der Waals surface area (Å²) in [5, 5.41) is 19.3. The molecule has 0 spiro atoms. The van der Waals surface area contributed by atoms with Gasteiger partial charge in [0.25, 0.3) is 0 Å². The molecule has 2 rings (SSSR count). The molecule has 1 aliphatic rings. The van der Waals surface area contributed by atoms with Crippen molar-refractivity contribution in [2.45, 2.75) is 58.0 Å². The number of benzene rings is 1. The van der Waals surface area contributed by atoms with Crippen LogP contribution in [0.1, 0.15) is 57.9 Å². The SMILES string of the molecule is CC[C@@H](CC(=O)O)c1ccc(N(CC2CC2)CC(C)(C)O)c(N)c1. The van der Waals surface area contributed by atoms with E-state index in [9.17, 15) is 9.90 Å². The molecule has 0 aliphatic heterocycles. The molecule has 0 radical (unpaired) electrons. The Bertz CT molecular complexity index is 576. The molecule has 24 heavy (non-hydrogen) atoms. The predicted octanol–water partition coefficient (Wildman–Crippen LogP) is 3.22. The Morgan fingerprint density at radius 3 is 2.54 bits per heavy atom. The van der Waals surface area contributed by atoms with E-state index in [1.54, 1.807) is 13.8 Å². The van der Waals surface area contributed by atoms with E-state index in [4.69, 9.17) is 10.8 Å². The average molecular weight is 334 g/mol. The highest BCUT2D eigenvalue weighted by molar-refractivity contribution is 5.71. The fraction of sp³-hybridized carbons (Fsp3) is 0.632. The smallest absolute Gasteiger partial charge is 0.303 e. The summed E-state index contributed by atoms with van der Waals surface area (Å²) in [5.74, 6) is -0.131. The number of hydrogen-bond donors (Lipinski definition) is 3. The van der Waals surface area contributed by atoms with Gasteiger partial charge < -0.3 is 20.8 Å². The molecule has 5 heteroatoms. The maximum atomic E-state index is 11.0. The Hall–Kier alpha value is -1.75. The van der Waals surface area contributed by atoms with Crippen LogP contribution in [0.4, 0.5) is 11.4 Å². The molecule has 0 heterocycles. The first-order valence-corrected chi connectivity index (χ1v) is 8.78. The van der Waals surface area contributed by atoms with Crippen LogP contribution in [0.3, 0.4) is 0 Å². The van der Waals surface area contributed by atoms with Gasteiger partial charge in [-0.3, -0.25) is 4.79 Å². The number of carboxylic acid groups (broad SMARTS) is 1. The Balaban J connectivity index is 2.23. The molecule has 1 aromatic carbocycles. The molecule has 1 atom stereocenters. The van der Waals surface area contributed by atoms with Crippen molar-refractivity contribution in [1.29, 1.82) is 0 Å². The first-order valence-electron chi connectivity index (χ1n) is 8.78. The Kier molecular flexibility index (Phi) is 5.75. The number of aliphatic carboxylic acids is 1. The van der Waals surface area contributed by atoms with Gasteiger partial charge in [-0.2, -0.15) is 0 Å². The first kappa shape index (κ1) is 18.6. The molecule has 0 bridgehead atoms. The lowest BCUT2D eigenvalue weighted by molar-refractivity contribution is -0.137. The zero-order valence-electron chi connectivity index (χ0n) is 15.0. The number of nitrogens with zero attached hydrogens (tertiary/aromatic N) is 1. The van der Waals surface area contributed by atoms with Crippen LogP contribution in [0.2, 0.25) is 0 Å². The molecule has 0 saturated heterocycles. The van der Waals surface area contributed by atoms with Crippen molar-refractivity contribution in [3.63, 3.8) is 0 Å². The Labute approximate surface area is 144 Å². The Morgan fingerprint density at radius 1 is 1.42 bits per heavy atom. The number of anilines is 2. The van der Waals surface area contributed by atoms with Crippen molar-refractivity contribution in [1.82, 2.24) is 0 Å². The third kappa shape index (κ3) is 5.41. The quantitative estimate of drug-likeness (QED) is 0.604. The zero-order valence-corrected chi connectivity index (χ0v) is 15.0. The number of hydrogen-bond acceptors (Lipinski definition) is 4. The van der Waals surface area contributed by atoms with E-state index in [2.05, 4.69) is 4.90 Å². The number of nitrogen functional groups attached to an aromatic ring is 1. The number of aliphatic hydroxyl groups is 1. The first-order chi connectivity index (χ1) is 11.2. The van der Waals surface area contributed by atoms with Crippen molar-refractivity contribution in [2.24, 2.45) is 5.92 Å². The van der Waals surface area contributed by atoms with Crippen molar-refractivity contribution >= 4 is 17.3 Å². The van der Waals surface area contributed by atoms with Crippen molar-refractivity contribution in [3.05, 3.63) is 23.8 Å². The molecule has 0 aromatic heterocycles. The Morgan fingerprint density at radius 2 is 2.08 bits per heavy atom. The topological polar surface area (TPSA) is 86.8 Å². The lowest BCUT2D eigenvalue weighted by Gasteiger charge is -2.32. The van der Waals surface area contributed by atoms with Crippen LogP contribution < -0.4 is 10.6 Å². The minimum atomic E-state index is -0.796. The van der Waals surface area contributed by atoms with Crippen LogP contribution >= 0.6 is 0 Å². The van der Waals surface area contributed by atoms with Crippen LogP contribution in [-0.4, -0.2) is 34.9 Å². The molecule has 1 fully saturated rings. The van der Waals surface area contributed by atoms with Gasteiger partial charge in [0.1, 0.15) is 0 Å². The zero-order chi connectivity index (χ0) is 17.9. The maximum absolute atomic E-state index is 11.0.